The van der Waals surface area contributed by atoms with E-state index in [-0.39, 0.29) is 42.4 Å². The lowest BCUT2D eigenvalue weighted by molar-refractivity contribution is -0.385. The molecule has 2 aliphatic rings. The number of nitro groups is 1. The molecule has 1 aromatic rings. The van der Waals surface area contributed by atoms with Gasteiger partial charge in [-0.1, -0.05) is 12.8 Å². The molecular weight excluding hydrogens is 356 g/mol. The lowest BCUT2D eigenvalue weighted by atomic mass is 9.89. The number of benzene rings is 1. The second-order valence-electron chi connectivity index (χ2n) is 6.24. The molecular formula is C16H24Cl2FN3O2. The minimum atomic E-state index is -0.438. The Labute approximate surface area is 154 Å². The van der Waals surface area contributed by atoms with Crippen LogP contribution >= 0.6 is 24.8 Å². The van der Waals surface area contributed by atoms with E-state index in [1.165, 1.54) is 31.0 Å². The van der Waals surface area contributed by atoms with Crippen molar-refractivity contribution in [3.8, 4) is 0 Å². The Balaban J connectivity index is 0.00000144. The Bertz CT molecular complexity index is 550. The summed E-state index contributed by atoms with van der Waals surface area (Å²) in [5.41, 5.74) is 0.484. The van der Waals surface area contributed by atoms with Crippen LogP contribution in [0.4, 0.5) is 10.1 Å². The summed E-state index contributed by atoms with van der Waals surface area (Å²) in [5, 5.41) is 14.4. The van der Waals surface area contributed by atoms with E-state index >= 15 is 0 Å². The summed E-state index contributed by atoms with van der Waals surface area (Å²) < 4.78 is 14.4. The zero-order valence-corrected chi connectivity index (χ0v) is 15.1. The quantitative estimate of drug-likeness (QED) is 0.639. The van der Waals surface area contributed by atoms with Crippen LogP contribution in [0.25, 0.3) is 0 Å². The van der Waals surface area contributed by atoms with Gasteiger partial charge in [-0.25, -0.2) is 4.39 Å². The lowest BCUT2D eigenvalue weighted by Gasteiger charge is -2.38. The van der Waals surface area contributed by atoms with Crippen LogP contribution in [-0.2, 0) is 0 Å². The van der Waals surface area contributed by atoms with E-state index in [0.717, 1.165) is 39.0 Å². The summed E-state index contributed by atoms with van der Waals surface area (Å²) in [6, 6.07) is 3.91. The Morgan fingerprint density at radius 2 is 1.83 bits per heavy atom. The van der Waals surface area contributed by atoms with Gasteiger partial charge in [-0.05, 0) is 24.8 Å². The molecule has 1 saturated carbocycles. The van der Waals surface area contributed by atoms with Crippen molar-refractivity contribution < 1.29 is 9.31 Å². The monoisotopic (exact) mass is 379 g/mol. The molecule has 136 valence electrons. The normalized spacial score (nSPS) is 20.0. The first-order valence-electron chi connectivity index (χ1n) is 8.05. The predicted molar refractivity (Wildman–Crippen MR) is 96.7 cm³/mol. The molecule has 0 amide bonds. The van der Waals surface area contributed by atoms with E-state index in [2.05, 4.69) is 10.2 Å². The number of piperazine rings is 1. The summed E-state index contributed by atoms with van der Waals surface area (Å²) in [7, 11) is 0. The summed E-state index contributed by atoms with van der Waals surface area (Å²) in [6.45, 7) is 3.51. The van der Waals surface area contributed by atoms with E-state index in [0.29, 0.717) is 11.5 Å². The highest BCUT2D eigenvalue weighted by Gasteiger charge is 2.34. The van der Waals surface area contributed by atoms with Crippen LogP contribution in [0.15, 0.2) is 18.2 Å². The van der Waals surface area contributed by atoms with E-state index in [1.807, 2.05) is 0 Å². The molecule has 1 aromatic carbocycles. The zero-order valence-electron chi connectivity index (χ0n) is 13.4. The molecule has 0 unspecified atom stereocenters. The van der Waals surface area contributed by atoms with Crippen LogP contribution in [0.1, 0.15) is 37.3 Å². The third-order valence-electron chi connectivity index (χ3n) is 4.90. The largest absolute Gasteiger partial charge is 0.314 e. The number of hydrogen-bond donors (Lipinski definition) is 1. The molecule has 1 aliphatic heterocycles. The molecule has 1 aliphatic carbocycles. The fourth-order valence-electron chi connectivity index (χ4n) is 3.85. The Morgan fingerprint density at radius 1 is 1.21 bits per heavy atom. The maximum Gasteiger partial charge on any atom is 0.269 e. The molecule has 5 nitrogen and oxygen atoms in total. The number of non-ortho nitro benzene ring substituents is 1. The highest BCUT2D eigenvalue weighted by molar-refractivity contribution is 5.85. The smallest absolute Gasteiger partial charge is 0.269 e. The zero-order chi connectivity index (χ0) is 15.5. The van der Waals surface area contributed by atoms with Crippen LogP contribution in [0, 0.1) is 21.8 Å². The van der Waals surface area contributed by atoms with Gasteiger partial charge >= 0.3 is 0 Å². The van der Waals surface area contributed by atoms with Crippen molar-refractivity contribution in [2.75, 3.05) is 26.2 Å². The van der Waals surface area contributed by atoms with Crippen LogP contribution in [0.5, 0.6) is 0 Å². The SMILES string of the molecule is Cl.Cl.O=[N+]([O-])c1ccc(F)c([C@H](C2CCCC2)N2CCNCC2)c1. The van der Waals surface area contributed by atoms with Crippen molar-refractivity contribution in [1.29, 1.82) is 0 Å². The highest BCUT2D eigenvalue weighted by Crippen LogP contribution is 2.41. The summed E-state index contributed by atoms with van der Waals surface area (Å²) >= 11 is 0. The first kappa shape index (κ1) is 21.1. The molecule has 1 N–H and O–H groups in total. The van der Waals surface area contributed by atoms with Gasteiger partial charge in [0.25, 0.3) is 5.69 Å². The first-order valence-corrected chi connectivity index (χ1v) is 8.05. The van der Waals surface area contributed by atoms with Gasteiger partial charge in [-0.2, -0.15) is 0 Å². The van der Waals surface area contributed by atoms with Gasteiger partial charge in [0.15, 0.2) is 0 Å². The van der Waals surface area contributed by atoms with E-state index in [9.17, 15) is 14.5 Å². The second kappa shape index (κ2) is 9.51. The summed E-state index contributed by atoms with van der Waals surface area (Å²) in [5.74, 6) is 0.0793. The summed E-state index contributed by atoms with van der Waals surface area (Å²) in [4.78, 5) is 12.9. The number of nitro benzene ring substituents is 1. The Kier molecular flexibility index (Phi) is 8.36. The first-order chi connectivity index (χ1) is 10.7. The molecule has 1 heterocycles. The van der Waals surface area contributed by atoms with E-state index in [1.54, 1.807) is 0 Å². The minimum absolute atomic E-state index is 0. The van der Waals surface area contributed by atoms with Crippen LogP contribution in [-0.4, -0.2) is 36.0 Å². The van der Waals surface area contributed by atoms with Crippen molar-refractivity contribution in [3.63, 3.8) is 0 Å². The third-order valence-corrected chi connectivity index (χ3v) is 4.90. The fraction of sp³-hybridized carbons (Fsp3) is 0.625. The lowest BCUT2D eigenvalue weighted by Crippen LogP contribution is -2.46. The Morgan fingerprint density at radius 3 is 2.42 bits per heavy atom. The molecule has 1 atom stereocenters. The highest BCUT2D eigenvalue weighted by atomic mass is 35.5. The van der Waals surface area contributed by atoms with Crippen LogP contribution < -0.4 is 5.32 Å². The van der Waals surface area contributed by atoms with Crippen molar-refractivity contribution >= 4 is 30.5 Å². The molecule has 1 saturated heterocycles. The maximum atomic E-state index is 14.4. The van der Waals surface area contributed by atoms with Crippen LogP contribution in [0.2, 0.25) is 0 Å². The number of halogens is 3. The van der Waals surface area contributed by atoms with Gasteiger partial charge in [0, 0.05) is 49.9 Å². The van der Waals surface area contributed by atoms with Crippen LogP contribution in [0.3, 0.4) is 0 Å². The van der Waals surface area contributed by atoms with Gasteiger partial charge in [0.1, 0.15) is 5.82 Å². The van der Waals surface area contributed by atoms with Gasteiger partial charge in [0.2, 0.25) is 0 Å². The second-order valence-corrected chi connectivity index (χ2v) is 6.24. The molecule has 8 heteroatoms. The van der Waals surface area contributed by atoms with Gasteiger partial charge in [-0.15, -0.1) is 24.8 Å². The summed E-state index contributed by atoms with van der Waals surface area (Å²) in [6.07, 6.45) is 4.50. The Hall–Kier alpha value is -0.950. The van der Waals surface area contributed by atoms with Gasteiger partial charge < -0.3 is 5.32 Å². The molecule has 0 aromatic heterocycles. The van der Waals surface area contributed by atoms with Gasteiger partial charge in [0.05, 0.1) is 4.92 Å². The number of nitrogens with zero attached hydrogens (tertiary/aromatic N) is 2. The number of nitrogens with one attached hydrogen (secondary N) is 1. The van der Waals surface area contributed by atoms with E-state index < -0.39 is 4.92 Å². The van der Waals surface area contributed by atoms with Crippen molar-refractivity contribution in [1.82, 2.24) is 10.2 Å². The van der Waals surface area contributed by atoms with Crippen molar-refractivity contribution in [2.45, 2.75) is 31.7 Å². The van der Waals surface area contributed by atoms with E-state index in [4.69, 9.17) is 0 Å². The molecule has 0 spiro atoms. The number of hydrogen-bond acceptors (Lipinski definition) is 4. The predicted octanol–water partition coefficient (Wildman–Crippen LogP) is 3.71. The van der Waals surface area contributed by atoms with Crippen molar-refractivity contribution in [2.24, 2.45) is 5.92 Å². The maximum absolute atomic E-state index is 14.4. The molecule has 0 radical (unpaired) electrons. The fourth-order valence-corrected chi connectivity index (χ4v) is 3.85. The van der Waals surface area contributed by atoms with Crippen molar-refractivity contribution in [3.05, 3.63) is 39.7 Å². The average molecular weight is 380 g/mol. The number of rotatable bonds is 4. The topological polar surface area (TPSA) is 58.4 Å². The molecule has 0 bridgehead atoms. The molecule has 24 heavy (non-hydrogen) atoms. The molecule has 3 rings (SSSR count). The average Bonchev–Trinajstić information content (AvgIpc) is 3.04. The standard InChI is InChI=1S/C16H22FN3O2.2ClH/c17-15-6-5-13(20(21)22)11-14(15)16(12-3-1-2-4-12)19-9-7-18-8-10-19;;/h5-6,11-12,16,18H,1-4,7-10H2;2*1H/t16-;;/m0../s1. The third kappa shape index (κ3) is 4.57. The van der Waals surface area contributed by atoms with Gasteiger partial charge in [-0.3, -0.25) is 15.0 Å². The molecule has 2 fully saturated rings. The minimum Gasteiger partial charge on any atom is -0.314 e.